The second-order valence-corrected chi connectivity index (χ2v) is 4.95. The summed E-state index contributed by atoms with van der Waals surface area (Å²) >= 11 is 0. The summed E-state index contributed by atoms with van der Waals surface area (Å²) < 4.78 is 27.6. The second-order valence-electron chi connectivity index (χ2n) is 4.95. The minimum Gasteiger partial charge on any atom is -0.310 e. The molecule has 0 amide bonds. The van der Waals surface area contributed by atoms with Gasteiger partial charge in [0.25, 0.3) is 0 Å². The van der Waals surface area contributed by atoms with Crippen LogP contribution >= 0.6 is 0 Å². The Morgan fingerprint density at radius 1 is 0.947 bits per heavy atom. The summed E-state index contributed by atoms with van der Waals surface area (Å²) in [6.07, 6.45) is 2.42. The minimum atomic E-state index is -0.395. The second kappa shape index (κ2) is 5.10. The molecule has 1 aliphatic carbocycles. The lowest BCUT2D eigenvalue weighted by atomic mass is 10.0. The molecule has 0 aliphatic heterocycles. The van der Waals surface area contributed by atoms with Gasteiger partial charge in [-0.05, 0) is 36.6 Å². The van der Waals surface area contributed by atoms with Crippen molar-refractivity contribution in [3.8, 4) is 11.1 Å². The molecule has 0 heterocycles. The van der Waals surface area contributed by atoms with Crippen molar-refractivity contribution < 1.29 is 8.78 Å². The molecule has 0 atom stereocenters. The lowest BCUT2D eigenvalue weighted by Gasteiger charge is -2.09. The lowest BCUT2D eigenvalue weighted by Crippen LogP contribution is -2.15. The monoisotopic (exact) mass is 259 g/mol. The Labute approximate surface area is 111 Å². The summed E-state index contributed by atoms with van der Waals surface area (Å²) in [5.74, 6) is -0.783. The molecule has 0 spiro atoms. The van der Waals surface area contributed by atoms with Crippen LogP contribution in [-0.4, -0.2) is 6.04 Å². The van der Waals surface area contributed by atoms with E-state index in [1.807, 2.05) is 0 Å². The van der Waals surface area contributed by atoms with Crippen molar-refractivity contribution in [3.05, 3.63) is 59.7 Å². The van der Waals surface area contributed by atoms with Gasteiger partial charge < -0.3 is 5.32 Å². The van der Waals surface area contributed by atoms with Crippen molar-refractivity contribution >= 4 is 0 Å². The standard InChI is InChI=1S/C16H15F2N/c17-15-4-2-1-3-13(15)14-9-11(5-8-16(14)18)10-19-12-6-7-12/h1-5,8-9,12,19H,6-7,10H2. The van der Waals surface area contributed by atoms with Crippen molar-refractivity contribution in [2.75, 3.05) is 0 Å². The Kier molecular flexibility index (Phi) is 3.30. The Hall–Kier alpha value is -1.74. The third kappa shape index (κ3) is 2.82. The first-order valence-corrected chi connectivity index (χ1v) is 6.51. The van der Waals surface area contributed by atoms with Gasteiger partial charge in [-0.3, -0.25) is 0 Å². The highest BCUT2D eigenvalue weighted by Crippen LogP contribution is 2.27. The maximum absolute atomic E-state index is 13.9. The van der Waals surface area contributed by atoms with E-state index in [2.05, 4.69) is 5.32 Å². The summed E-state index contributed by atoms with van der Waals surface area (Å²) in [5, 5.41) is 3.37. The van der Waals surface area contributed by atoms with E-state index in [0.29, 0.717) is 23.7 Å². The van der Waals surface area contributed by atoms with Crippen LogP contribution in [0.3, 0.4) is 0 Å². The van der Waals surface area contributed by atoms with Crippen molar-refractivity contribution in [1.29, 1.82) is 0 Å². The number of nitrogens with one attached hydrogen (secondary N) is 1. The molecule has 2 aromatic carbocycles. The third-order valence-electron chi connectivity index (χ3n) is 3.37. The molecule has 0 radical (unpaired) electrons. The Morgan fingerprint density at radius 3 is 2.42 bits per heavy atom. The van der Waals surface area contributed by atoms with E-state index in [-0.39, 0.29) is 5.82 Å². The molecule has 1 saturated carbocycles. The molecule has 0 saturated heterocycles. The third-order valence-corrected chi connectivity index (χ3v) is 3.37. The van der Waals surface area contributed by atoms with Crippen LogP contribution in [-0.2, 0) is 6.54 Å². The number of rotatable bonds is 4. The van der Waals surface area contributed by atoms with Gasteiger partial charge in [-0.25, -0.2) is 8.78 Å². The van der Waals surface area contributed by atoms with Crippen LogP contribution in [0.1, 0.15) is 18.4 Å². The molecule has 0 unspecified atom stereocenters. The van der Waals surface area contributed by atoms with E-state index in [1.54, 1.807) is 30.3 Å². The van der Waals surface area contributed by atoms with E-state index in [4.69, 9.17) is 0 Å². The van der Waals surface area contributed by atoms with Crippen LogP contribution in [0.4, 0.5) is 8.78 Å². The topological polar surface area (TPSA) is 12.0 Å². The van der Waals surface area contributed by atoms with E-state index in [1.165, 1.54) is 25.0 Å². The largest absolute Gasteiger partial charge is 0.310 e. The summed E-state index contributed by atoms with van der Waals surface area (Å²) in [5.41, 5.74) is 1.62. The smallest absolute Gasteiger partial charge is 0.131 e. The van der Waals surface area contributed by atoms with Crippen LogP contribution in [0.2, 0.25) is 0 Å². The van der Waals surface area contributed by atoms with Crippen LogP contribution < -0.4 is 5.32 Å². The highest BCUT2D eigenvalue weighted by molar-refractivity contribution is 5.65. The number of halogens is 2. The van der Waals surface area contributed by atoms with E-state index >= 15 is 0 Å². The molecule has 3 heteroatoms. The van der Waals surface area contributed by atoms with Crippen molar-refractivity contribution in [1.82, 2.24) is 5.32 Å². The molecule has 0 bridgehead atoms. The molecule has 1 N–H and O–H groups in total. The Morgan fingerprint density at radius 2 is 1.68 bits per heavy atom. The van der Waals surface area contributed by atoms with Gasteiger partial charge in [0.1, 0.15) is 11.6 Å². The van der Waals surface area contributed by atoms with Gasteiger partial charge >= 0.3 is 0 Å². The molecular formula is C16H15F2N. The van der Waals surface area contributed by atoms with Crippen LogP contribution in [0.15, 0.2) is 42.5 Å². The van der Waals surface area contributed by atoms with E-state index in [9.17, 15) is 8.78 Å². The molecule has 1 aliphatic rings. The minimum absolute atomic E-state index is 0.313. The molecule has 0 aromatic heterocycles. The summed E-state index contributed by atoms with van der Waals surface area (Å²) in [7, 11) is 0. The average molecular weight is 259 g/mol. The fourth-order valence-corrected chi connectivity index (χ4v) is 2.12. The number of benzene rings is 2. The predicted molar refractivity (Wildman–Crippen MR) is 71.7 cm³/mol. The zero-order valence-corrected chi connectivity index (χ0v) is 10.5. The maximum Gasteiger partial charge on any atom is 0.131 e. The average Bonchev–Trinajstić information content (AvgIpc) is 3.23. The molecule has 2 aromatic rings. The molecule has 3 rings (SSSR count). The van der Waals surface area contributed by atoms with Crippen molar-refractivity contribution in [2.45, 2.75) is 25.4 Å². The highest BCUT2D eigenvalue weighted by atomic mass is 19.1. The van der Waals surface area contributed by atoms with Crippen LogP contribution in [0, 0.1) is 11.6 Å². The zero-order valence-electron chi connectivity index (χ0n) is 10.5. The zero-order chi connectivity index (χ0) is 13.2. The normalized spacial score (nSPS) is 14.6. The van der Waals surface area contributed by atoms with Gasteiger partial charge in [0.2, 0.25) is 0 Å². The fraction of sp³-hybridized carbons (Fsp3) is 0.250. The van der Waals surface area contributed by atoms with Crippen molar-refractivity contribution in [2.24, 2.45) is 0 Å². The predicted octanol–water partition coefficient (Wildman–Crippen LogP) is 3.88. The first kappa shape index (κ1) is 12.3. The SMILES string of the molecule is Fc1ccccc1-c1cc(CNC2CC2)ccc1F. The first-order chi connectivity index (χ1) is 9.24. The van der Waals surface area contributed by atoms with E-state index < -0.39 is 5.82 Å². The van der Waals surface area contributed by atoms with Gasteiger partial charge in [0, 0.05) is 23.7 Å². The molecular weight excluding hydrogens is 244 g/mol. The van der Waals surface area contributed by atoms with Gasteiger partial charge in [-0.1, -0.05) is 24.3 Å². The molecule has 1 nitrogen and oxygen atoms in total. The van der Waals surface area contributed by atoms with Crippen molar-refractivity contribution in [3.63, 3.8) is 0 Å². The first-order valence-electron chi connectivity index (χ1n) is 6.51. The molecule has 1 fully saturated rings. The molecule has 19 heavy (non-hydrogen) atoms. The number of hydrogen-bond donors (Lipinski definition) is 1. The summed E-state index contributed by atoms with van der Waals surface area (Å²) in [6.45, 7) is 0.701. The van der Waals surface area contributed by atoms with Gasteiger partial charge in [-0.2, -0.15) is 0 Å². The quantitative estimate of drug-likeness (QED) is 0.878. The van der Waals surface area contributed by atoms with Gasteiger partial charge in [0.15, 0.2) is 0 Å². The maximum atomic E-state index is 13.9. The van der Waals surface area contributed by atoms with E-state index in [0.717, 1.165) is 5.56 Å². The van der Waals surface area contributed by atoms with Crippen LogP contribution in [0.5, 0.6) is 0 Å². The summed E-state index contributed by atoms with van der Waals surface area (Å²) in [4.78, 5) is 0. The lowest BCUT2D eigenvalue weighted by molar-refractivity contribution is 0.614. The Balaban J connectivity index is 1.90. The number of hydrogen-bond acceptors (Lipinski definition) is 1. The van der Waals surface area contributed by atoms with Crippen LogP contribution in [0.25, 0.3) is 11.1 Å². The fourth-order valence-electron chi connectivity index (χ4n) is 2.12. The Bertz CT molecular complexity index is 591. The summed E-state index contributed by atoms with van der Waals surface area (Å²) in [6, 6.07) is 11.8. The molecule has 98 valence electrons. The highest BCUT2D eigenvalue weighted by Gasteiger charge is 2.20. The van der Waals surface area contributed by atoms with Gasteiger partial charge in [0.05, 0.1) is 0 Å². The van der Waals surface area contributed by atoms with Gasteiger partial charge in [-0.15, -0.1) is 0 Å².